The number of sulfonamides is 1. The van der Waals surface area contributed by atoms with Crippen LogP contribution in [0.1, 0.15) is 21.5 Å². The van der Waals surface area contributed by atoms with E-state index in [0.717, 1.165) is 0 Å². The highest BCUT2D eigenvalue weighted by Gasteiger charge is 2.21. The number of benzene rings is 2. The van der Waals surface area contributed by atoms with Crippen molar-refractivity contribution in [2.45, 2.75) is 5.75 Å². The fourth-order valence-electron chi connectivity index (χ4n) is 2.20. The van der Waals surface area contributed by atoms with Crippen LogP contribution in [0.3, 0.4) is 0 Å². The number of methoxy groups -OCH3 is 2. The standard InChI is InChI=1S/C17H15BrN2O5S/c1-24-14-7-13(8-15(25-2)16(14)18)17(21)20-26(22,23)10-12-6-4-3-5-11(12)9-19/h3-8H,10H2,1-2H3,(H,20,21). The molecule has 0 atom stereocenters. The Hall–Kier alpha value is -2.57. The molecule has 7 nitrogen and oxygen atoms in total. The molecule has 2 aromatic rings. The van der Waals surface area contributed by atoms with E-state index >= 15 is 0 Å². The molecule has 2 aromatic carbocycles. The number of nitriles is 1. The molecule has 26 heavy (non-hydrogen) atoms. The fourth-order valence-corrected chi connectivity index (χ4v) is 3.88. The van der Waals surface area contributed by atoms with Crippen molar-refractivity contribution in [3.8, 4) is 17.6 Å². The summed E-state index contributed by atoms with van der Waals surface area (Å²) in [5, 5.41) is 9.05. The summed E-state index contributed by atoms with van der Waals surface area (Å²) in [5.41, 5.74) is 0.595. The Kier molecular flexibility index (Phi) is 6.23. The number of nitrogens with zero attached hydrogens (tertiary/aromatic N) is 1. The van der Waals surface area contributed by atoms with E-state index in [4.69, 9.17) is 14.7 Å². The minimum Gasteiger partial charge on any atom is -0.495 e. The lowest BCUT2D eigenvalue weighted by Gasteiger charge is -2.12. The molecular formula is C17H15BrN2O5S. The molecule has 0 aliphatic rings. The number of rotatable bonds is 6. The number of hydrogen-bond acceptors (Lipinski definition) is 6. The molecule has 1 N–H and O–H groups in total. The number of amides is 1. The molecule has 1 amide bonds. The van der Waals surface area contributed by atoms with E-state index in [1.54, 1.807) is 12.1 Å². The number of halogens is 1. The molecule has 0 saturated heterocycles. The van der Waals surface area contributed by atoms with Gasteiger partial charge in [-0.15, -0.1) is 0 Å². The molecule has 0 aliphatic heterocycles. The van der Waals surface area contributed by atoms with Gasteiger partial charge in [0.15, 0.2) is 0 Å². The van der Waals surface area contributed by atoms with Crippen molar-refractivity contribution in [2.75, 3.05) is 14.2 Å². The van der Waals surface area contributed by atoms with E-state index in [-0.39, 0.29) is 11.1 Å². The fraction of sp³-hybridized carbons (Fsp3) is 0.176. The summed E-state index contributed by atoms with van der Waals surface area (Å²) in [5.74, 6) is -0.681. The maximum absolute atomic E-state index is 12.4. The number of nitrogens with one attached hydrogen (secondary N) is 1. The third-order valence-corrected chi connectivity index (χ3v) is 5.41. The molecule has 0 fully saturated rings. The quantitative estimate of drug-likeness (QED) is 0.742. The number of hydrogen-bond donors (Lipinski definition) is 1. The highest BCUT2D eigenvalue weighted by molar-refractivity contribution is 9.10. The van der Waals surface area contributed by atoms with Crippen LogP contribution >= 0.6 is 15.9 Å². The van der Waals surface area contributed by atoms with E-state index in [1.165, 1.54) is 38.5 Å². The minimum atomic E-state index is -4.01. The van der Waals surface area contributed by atoms with E-state index < -0.39 is 21.7 Å². The van der Waals surface area contributed by atoms with Crippen molar-refractivity contribution in [1.82, 2.24) is 4.72 Å². The second kappa shape index (κ2) is 8.21. The molecular weight excluding hydrogens is 424 g/mol. The predicted molar refractivity (Wildman–Crippen MR) is 98.5 cm³/mol. The molecule has 0 saturated carbocycles. The zero-order chi connectivity index (χ0) is 19.3. The zero-order valence-corrected chi connectivity index (χ0v) is 16.3. The summed E-state index contributed by atoms with van der Waals surface area (Å²) in [6.45, 7) is 0. The Morgan fingerprint density at radius 3 is 2.31 bits per heavy atom. The lowest BCUT2D eigenvalue weighted by atomic mass is 10.1. The Balaban J connectivity index is 2.27. The lowest BCUT2D eigenvalue weighted by molar-refractivity contribution is 0.0980. The van der Waals surface area contributed by atoms with Crippen LogP contribution in [0.15, 0.2) is 40.9 Å². The van der Waals surface area contributed by atoms with Gasteiger partial charge in [0, 0.05) is 5.56 Å². The Morgan fingerprint density at radius 1 is 1.19 bits per heavy atom. The van der Waals surface area contributed by atoms with Crippen LogP contribution in [0, 0.1) is 11.3 Å². The molecule has 0 aliphatic carbocycles. The second-order valence-electron chi connectivity index (χ2n) is 5.15. The number of carbonyl (C=O) groups is 1. The van der Waals surface area contributed by atoms with Gasteiger partial charge in [-0.2, -0.15) is 5.26 Å². The minimum absolute atomic E-state index is 0.0547. The topological polar surface area (TPSA) is 105 Å². The van der Waals surface area contributed by atoms with Gasteiger partial charge in [-0.25, -0.2) is 13.1 Å². The molecule has 136 valence electrons. The normalized spacial score (nSPS) is 10.7. The number of carbonyl (C=O) groups excluding carboxylic acids is 1. The largest absolute Gasteiger partial charge is 0.495 e. The van der Waals surface area contributed by atoms with Crippen molar-refractivity contribution in [2.24, 2.45) is 0 Å². The van der Waals surface area contributed by atoms with Gasteiger partial charge in [0.1, 0.15) is 16.0 Å². The summed E-state index contributed by atoms with van der Waals surface area (Å²) in [7, 11) is -1.18. The van der Waals surface area contributed by atoms with E-state index in [9.17, 15) is 13.2 Å². The van der Waals surface area contributed by atoms with Gasteiger partial charge in [0.05, 0.1) is 31.6 Å². The van der Waals surface area contributed by atoms with Crippen LogP contribution in [0.5, 0.6) is 11.5 Å². The van der Waals surface area contributed by atoms with Gasteiger partial charge in [-0.05, 0) is 39.7 Å². The average molecular weight is 439 g/mol. The third-order valence-electron chi connectivity index (χ3n) is 3.44. The van der Waals surface area contributed by atoms with Crippen LogP contribution in [0.25, 0.3) is 0 Å². The highest BCUT2D eigenvalue weighted by Crippen LogP contribution is 2.35. The van der Waals surface area contributed by atoms with E-state index in [1.807, 2.05) is 10.8 Å². The van der Waals surface area contributed by atoms with Crippen LogP contribution in [0.4, 0.5) is 0 Å². The summed E-state index contributed by atoms with van der Waals surface area (Å²) >= 11 is 3.28. The second-order valence-corrected chi connectivity index (χ2v) is 7.67. The lowest BCUT2D eigenvalue weighted by Crippen LogP contribution is -2.31. The van der Waals surface area contributed by atoms with Crippen molar-refractivity contribution >= 4 is 31.9 Å². The van der Waals surface area contributed by atoms with Gasteiger partial charge >= 0.3 is 0 Å². The molecule has 0 unspecified atom stereocenters. The SMILES string of the molecule is COc1cc(C(=O)NS(=O)(=O)Cc2ccccc2C#N)cc(OC)c1Br. The first-order chi connectivity index (χ1) is 12.3. The summed E-state index contributed by atoms with van der Waals surface area (Å²) < 4.78 is 37.4. The molecule has 9 heteroatoms. The smallest absolute Gasteiger partial charge is 0.265 e. The first-order valence-corrected chi connectivity index (χ1v) is 9.70. The monoisotopic (exact) mass is 438 g/mol. The molecule has 0 bridgehead atoms. The van der Waals surface area contributed by atoms with Gasteiger partial charge in [-0.1, -0.05) is 18.2 Å². The molecule has 0 spiro atoms. The highest BCUT2D eigenvalue weighted by atomic mass is 79.9. The van der Waals surface area contributed by atoms with Crippen LogP contribution in [0.2, 0.25) is 0 Å². The van der Waals surface area contributed by atoms with E-state index in [0.29, 0.717) is 21.5 Å². The molecule has 0 radical (unpaired) electrons. The first-order valence-electron chi connectivity index (χ1n) is 7.25. The van der Waals surface area contributed by atoms with Crippen LogP contribution < -0.4 is 14.2 Å². The van der Waals surface area contributed by atoms with Crippen molar-refractivity contribution < 1.29 is 22.7 Å². The third kappa shape index (κ3) is 4.53. The molecule has 0 aromatic heterocycles. The average Bonchev–Trinajstić information content (AvgIpc) is 2.61. The van der Waals surface area contributed by atoms with E-state index in [2.05, 4.69) is 15.9 Å². The van der Waals surface area contributed by atoms with Gasteiger partial charge < -0.3 is 9.47 Å². The maximum atomic E-state index is 12.4. The summed E-state index contributed by atoms with van der Waals surface area (Å²) in [4.78, 5) is 12.4. The van der Waals surface area contributed by atoms with Gasteiger partial charge in [0.2, 0.25) is 10.0 Å². The van der Waals surface area contributed by atoms with Crippen LogP contribution in [-0.2, 0) is 15.8 Å². The Bertz CT molecular complexity index is 958. The molecule has 0 heterocycles. The molecule has 2 rings (SSSR count). The van der Waals surface area contributed by atoms with Crippen molar-refractivity contribution in [3.05, 3.63) is 57.6 Å². The van der Waals surface area contributed by atoms with Gasteiger partial charge in [-0.3, -0.25) is 4.79 Å². The summed E-state index contributed by atoms with van der Waals surface area (Å²) in [6, 6.07) is 11.0. The number of ether oxygens (including phenoxy) is 2. The zero-order valence-electron chi connectivity index (χ0n) is 13.9. The van der Waals surface area contributed by atoms with Gasteiger partial charge in [0.25, 0.3) is 5.91 Å². The van der Waals surface area contributed by atoms with Crippen LogP contribution in [-0.4, -0.2) is 28.5 Å². The Morgan fingerprint density at radius 2 is 1.77 bits per heavy atom. The summed E-state index contributed by atoms with van der Waals surface area (Å²) in [6.07, 6.45) is 0. The predicted octanol–water partition coefficient (Wildman–Crippen LogP) is 2.60. The Labute approximate surface area is 159 Å². The van der Waals surface area contributed by atoms with Crippen molar-refractivity contribution in [1.29, 1.82) is 5.26 Å². The van der Waals surface area contributed by atoms with Crippen molar-refractivity contribution in [3.63, 3.8) is 0 Å². The first kappa shape index (κ1) is 19.8. The maximum Gasteiger partial charge on any atom is 0.265 e.